The summed E-state index contributed by atoms with van der Waals surface area (Å²) >= 11 is 16.0. The molecule has 2 nitrogen and oxygen atoms in total. The summed E-state index contributed by atoms with van der Waals surface area (Å²) in [6.45, 7) is 39.2. The van der Waals surface area contributed by atoms with E-state index in [-0.39, 0.29) is 49.4 Å². The molecule has 0 aromatic heterocycles. The Morgan fingerprint density at radius 2 is 0.619 bits per heavy atom. The van der Waals surface area contributed by atoms with Crippen LogP contribution in [0.3, 0.4) is 0 Å². The van der Waals surface area contributed by atoms with Crippen LogP contribution in [0.2, 0.25) is 0 Å². The summed E-state index contributed by atoms with van der Waals surface area (Å²) in [6.07, 6.45) is 5.00. The molecule has 0 heterocycles. The van der Waals surface area contributed by atoms with Gasteiger partial charge in [-0.3, -0.25) is 4.43 Å². The Morgan fingerprint density at radius 3 is 0.619 bits per heavy atom. The fraction of sp³-hybridized carbons (Fsp3) is 0.903. The summed E-state index contributed by atoms with van der Waals surface area (Å²) in [5.41, 5.74) is 0. The van der Waals surface area contributed by atoms with Crippen LogP contribution in [0.1, 0.15) is 172 Å². The standard InChI is InChI=1S/2C3H6O.4C3H8.C2H3I3.C2H4I.3C2H6.CH3I3.CH3I.CH4.V/c2*1-3(2)4;4*1-3-2;1-2(3,4)5;1-2-3;3*1-2;1-4(2)3;1-2;;/h2*1-2H3;4*3H2,1-2H3;1H3;2H,1H3;3*1-2H3;1H3;1H3;1H4;/q;;;;;;;-1;;;;;;;. The van der Waals surface area contributed by atoms with Crippen molar-refractivity contribution in [3.05, 3.63) is 4.43 Å². The van der Waals surface area contributed by atoms with Gasteiger partial charge in [0.25, 0.3) is 0 Å². The topological polar surface area (TPSA) is 34.1 Å². The number of carbonyl (C=O) groups excluding carboxylic acids is 2. The van der Waals surface area contributed by atoms with Crippen molar-refractivity contribution in [1.82, 2.24) is 0 Å². The first-order valence-electron chi connectivity index (χ1n) is 14.0. The van der Waals surface area contributed by atoms with E-state index in [9.17, 15) is 9.59 Å². The molecule has 0 aromatic rings. The van der Waals surface area contributed by atoms with E-state index in [0.29, 0.717) is -0.565 Å². The molecular weight excluding hydrogens is 1470 g/mol. The van der Waals surface area contributed by atoms with Crippen LogP contribution >= 0.6 is 162 Å². The van der Waals surface area contributed by atoms with E-state index in [1.807, 2.05) is 57.8 Å². The summed E-state index contributed by atoms with van der Waals surface area (Å²) in [7, 11) is 0. The van der Waals surface area contributed by atoms with Crippen LogP contribution in [0.25, 0.3) is 0 Å². The van der Waals surface area contributed by atoms with Gasteiger partial charge >= 0.3 is 54.0 Å². The van der Waals surface area contributed by atoms with Crippen molar-refractivity contribution in [3.63, 3.8) is 0 Å². The van der Waals surface area contributed by atoms with Crippen molar-refractivity contribution in [1.29, 1.82) is 0 Å². The van der Waals surface area contributed by atoms with Gasteiger partial charge in [-0.2, -0.15) is 6.92 Å². The number of carbonyl (C=O) groups is 2. The van der Waals surface area contributed by atoms with Crippen molar-refractivity contribution < 1.29 is 28.1 Å². The third kappa shape index (κ3) is 2760. The molecular formula is C31H79I8O2V-. The number of rotatable bonds is 0. The summed E-state index contributed by atoms with van der Waals surface area (Å²) in [5, 5.41) is 0. The molecule has 11 heteroatoms. The van der Waals surface area contributed by atoms with Crippen LogP contribution in [-0.4, -0.2) is 20.9 Å². The van der Waals surface area contributed by atoms with Crippen molar-refractivity contribution in [2.24, 2.45) is 0 Å². The van der Waals surface area contributed by atoms with E-state index in [4.69, 9.17) is 0 Å². The van der Waals surface area contributed by atoms with E-state index in [1.165, 1.54) is 53.4 Å². The normalized spacial score (nSPS) is 6.45. The van der Waals surface area contributed by atoms with Crippen molar-refractivity contribution >= 4 is 174 Å². The van der Waals surface area contributed by atoms with Crippen molar-refractivity contribution in [2.75, 3.05) is 9.86 Å². The van der Waals surface area contributed by atoms with Gasteiger partial charge in [-0.25, -0.2) is 0 Å². The van der Waals surface area contributed by atoms with Gasteiger partial charge in [-0.15, -0.1) is 0 Å². The van der Waals surface area contributed by atoms with Crippen LogP contribution in [0.5, 0.6) is 0 Å². The minimum absolute atomic E-state index is 0. The predicted molar refractivity (Wildman–Crippen MR) is 280 cm³/mol. The SMILES string of the molecule is C.CC.CC.CC.CC(C)=O.CC(C)=O.CC(I)(I)I.CCC.CCC.CCC.CCC.CI.CI(I)I.C[CH-]I.[V]. The summed E-state index contributed by atoms with van der Waals surface area (Å²) in [6, 6.07) is 0. The Labute approximate surface area is 380 Å². The van der Waals surface area contributed by atoms with Gasteiger partial charge in [0.15, 0.2) is 0 Å². The third-order valence-corrected chi connectivity index (χ3v) is 0. The molecule has 0 rings (SSSR count). The van der Waals surface area contributed by atoms with Gasteiger partial charge in [0.1, 0.15) is 11.0 Å². The molecule has 0 aliphatic carbocycles. The molecule has 0 saturated carbocycles. The summed E-state index contributed by atoms with van der Waals surface area (Å²) in [4.78, 5) is 23.2. The maximum atomic E-state index is 9.44. The van der Waals surface area contributed by atoms with Gasteiger partial charge in [0.2, 0.25) is 0 Å². The molecule has 42 heavy (non-hydrogen) atoms. The first kappa shape index (κ1) is 97.3. The molecule has 0 N–H and O–H groups in total. The average molecular weight is 1550 g/mol. The van der Waals surface area contributed by atoms with Gasteiger partial charge in [0, 0.05) is 18.6 Å². The zero-order valence-corrected chi connectivity index (χ0v) is 49.8. The number of Topliss-reactive ketones (excluding diaryl/α,β-unsaturated/α-hetero) is 2. The monoisotopic (exact) mass is 1550 g/mol. The van der Waals surface area contributed by atoms with Crippen LogP contribution in [0.4, 0.5) is 0 Å². The number of hydrogen-bond donors (Lipinski definition) is 0. The zero-order valence-electron chi connectivity index (χ0n) is 31.2. The zero-order chi connectivity index (χ0) is 36.8. The largest absolute Gasteiger partial charge is 0.316 e. The fourth-order valence-electron chi connectivity index (χ4n) is 0. The Bertz CT molecular complexity index is 231. The first-order chi connectivity index (χ1) is 18.3. The molecule has 0 spiro atoms. The second-order valence-corrected chi connectivity index (χ2v) is 48.7. The average Bonchev–Trinajstić information content (AvgIpc) is 2.79. The maximum absolute atomic E-state index is 9.44. The van der Waals surface area contributed by atoms with Crippen molar-refractivity contribution in [3.8, 4) is 0 Å². The fourth-order valence-corrected chi connectivity index (χ4v) is 0. The molecule has 0 aromatic carbocycles. The van der Waals surface area contributed by atoms with Gasteiger partial charge in [-0.1, -0.05) is 220 Å². The molecule has 0 aliphatic rings. The quantitative estimate of drug-likeness (QED) is 0.138. The Morgan fingerprint density at radius 1 is 0.619 bits per heavy atom. The van der Waals surface area contributed by atoms with Gasteiger partial charge in [-0.05, 0) is 39.5 Å². The van der Waals surface area contributed by atoms with Gasteiger partial charge in [0.05, 0.1) is 0 Å². The molecule has 277 valence electrons. The molecule has 0 saturated heterocycles. The van der Waals surface area contributed by atoms with E-state index >= 15 is 0 Å². The molecule has 0 bridgehead atoms. The van der Waals surface area contributed by atoms with Crippen LogP contribution in [-0.2, 0) is 28.1 Å². The first-order valence-corrected chi connectivity index (χ1v) is 35.3. The van der Waals surface area contributed by atoms with Crippen LogP contribution < -0.4 is 0 Å². The van der Waals surface area contributed by atoms with E-state index in [0.717, 1.165) is 0 Å². The number of halogens is 8. The minimum atomic E-state index is -0.323. The molecule has 0 fully saturated rings. The Balaban J connectivity index is -0.0000000146. The number of hydrogen-bond acceptors (Lipinski definition) is 2. The minimum Gasteiger partial charge on any atom is -0.316 e. The van der Waals surface area contributed by atoms with E-state index in [1.54, 1.807) is 0 Å². The maximum Gasteiger partial charge on any atom is 0 e. The molecule has 0 unspecified atom stereocenters. The summed E-state index contributed by atoms with van der Waals surface area (Å²) < 4.78 is 2.38. The van der Waals surface area contributed by atoms with E-state index < -0.39 is 0 Å². The Hall–Kier alpha value is 5.76. The number of ketones is 2. The molecule has 0 amide bonds. The predicted octanol–water partition coefficient (Wildman–Crippen LogP) is 19.0. The van der Waals surface area contributed by atoms with Gasteiger partial charge < -0.3 is 32.2 Å². The second-order valence-electron chi connectivity index (χ2n) is 5.98. The van der Waals surface area contributed by atoms with E-state index in [2.05, 4.69) is 217 Å². The van der Waals surface area contributed by atoms with Crippen molar-refractivity contribution in [2.45, 2.75) is 171 Å². The molecule has 0 atom stereocenters. The van der Waals surface area contributed by atoms with Crippen LogP contribution in [0, 0.1) is 4.43 Å². The molecule has 1 radical (unpaired) electrons. The Kier molecular flexibility index (Phi) is 342. The number of alkyl halides is 5. The third-order valence-electron chi connectivity index (χ3n) is 0. The smallest absolute Gasteiger partial charge is 0 e. The summed E-state index contributed by atoms with van der Waals surface area (Å²) in [5.74, 6) is 0.333. The molecule has 0 aliphatic heterocycles. The van der Waals surface area contributed by atoms with Crippen LogP contribution in [0.15, 0.2) is 0 Å². The second kappa shape index (κ2) is 148.